The second kappa shape index (κ2) is 7.32. The maximum absolute atomic E-state index is 12.7. The lowest BCUT2D eigenvalue weighted by Gasteiger charge is -2.12. The predicted octanol–water partition coefficient (Wildman–Crippen LogP) is 4.72. The highest BCUT2D eigenvalue weighted by atomic mass is 35.5. The summed E-state index contributed by atoms with van der Waals surface area (Å²) in [6.45, 7) is 2.83. The number of amides is 1. The second-order valence-electron chi connectivity index (χ2n) is 6.08. The van der Waals surface area contributed by atoms with Crippen molar-refractivity contribution in [1.29, 1.82) is 0 Å². The lowest BCUT2D eigenvalue weighted by Crippen LogP contribution is -2.13. The number of hydrogen-bond donors (Lipinski definition) is 1. The lowest BCUT2D eigenvalue weighted by atomic mass is 10.2. The van der Waals surface area contributed by atoms with Crippen LogP contribution in [-0.4, -0.2) is 24.1 Å². The molecule has 1 aliphatic rings. The van der Waals surface area contributed by atoms with Gasteiger partial charge in [-0.15, -0.1) is 0 Å². The van der Waals surface area contributed by atoms with Gasteiger partial charge in [0.25, 0.3) is 5.91 Å². The van der Waals surface area contributed by atoms with E-state index in [2.05, 4.69) is 10.3 Å². The SMILES string of the molecule is Cc1nc(-c2ccccc2)oc1C(=O)Nc1cc2c(cc1Cl)OCCCO2. The quantitative estimate of drug-likeness (QED) is 0.707. The number of ether oxygens (including phenoxy) is 2. The Labute approximate surface area is 161 Å². The van der Waals surface area contributed by atoms with Crippen LogP contribution in [-0.2, 0) is 0 Å². The largest absolute Gasteiger partial charge is 0.490 e. The summed E-state index contributed by atoms with van der Waals surface area (Å²) >= 11 is 6.29. The van der Waals surface area contributed by atoms with Gasteiger partial charge in [-0.3, -0.25) is 4.79 Å². The summed E-state index contributed by atoms with van der Waals surface area (Å²) in [6, 6.07) is 12.7. The van der Waals surface area contributed by atoms with Crippen molar-refractivity contribution in [2.24, 2.45) is 0 Å². The third-order valence-electron chi connectivity index (χ3n) is 4.11. The van der Waals surface area contributed by atoms with E-state index < -0.39 is 5.91 Å². The Morgan fingerprint density at radius 1 is 1.11 bits per heavy atom. The van der Waals surface area contributed by atoms with Crippen LogP contribution in [0.25, 0.3) is 11.5 Å². The molecule has 0 spiro atoms. The van der Waals surface area contributed by atoms with Gasteiger partial charge >= 0.3 is 0 Å². The van der Waals surface area contributed by atoms with Gasteiger partial charge < -0.3 is 19.2 Å². The molecule has 6 nitrogen and oxygen atoms in total. The number of nitrogens with one attached hydrogen (secondary N) is 1. The third kappa shape index (κ3) is 3.61. The number of nitrogens with zero attached hydrogens (tertiary/aromatic N) is 1. The smallest absolute Gasteiger partial charge is 0.293 e. The van der Waals surface area contributed by atoms with Gasteiger partial charge in [0.05, 0.1) is 29.6 Å². The number of aromatic nitrogens is 1. The average molecular weight is 385 g/mol. The molecule has 2 heterocycles. The van der Waals surface area contributed by atoms with E-state index in [-0.39, 0.29) is 5.76 Å². The number of halogens is 1. The molecule has 1 N–H and O–H groups in total. The molecule has 0 radical (unpaired) electrons. The van der Waals surface area contributed by atoms with Gasteiger partial charge in [0, 0.05) is 24.1 Å². The molecule has 0 atom stereocenters. The van der Waals surface area contributed by atoms with Crippen molar-refractivity contribution in [3.63, 3.8) is 0 Å². The van der Waals surface area contributed by atoms with Crippen LogP contribution < -0.4 is 14.8 Å². The van der Waals surface area contributed by atoms with E-state index in [4.69, 9.17) is 25.5 Å². The Morgan fingerprint density at radius 2 is 1.81 bits per heavy atom. The van der Waals surface area contributed by atoms with E-state index in [1.807, 2.05) is 30.3 Å². The van der Waals surface area contributed by atoms with Crippen LogP contribution in [0, 0.1) is 6.92 Å². The number of aryl methyl sites for hydroxylation is 1. The van der Waals surface area contributed by atoms with Crippen molar-refractivity contribution < 1.29 is 18.7 Å². The first kappa shape index (κ1) is 17.4. The van der Waals surface area contributed by atoms with Crippen molar-refractivity contribution in [2.75, 3.05) is 18.5 Å². The minimum Gasteiger partial charge on any atom is -0.490 e. The van der Waals surface area contributed by atoms with Gasteiger partial charge in [0.2, 0.25) is 11.7 Å². The molecule has 0 saturated carbocycles. The van der Waals surface area contributed by atoms with Crippen LogP contribution in [0.1, 0.15) is 22.7 Å². The second-order valence-corrected chi connectivity index (χ2v) is 6.49. The Bertz CT molecular complexity index is 985. The zero-order chi connectivity index (χ0) is 18.8. The number of anilines is 1. The first-order chi connectivity index (χ1) is 13.1. The Kier molecular flexibility index (Phi) is 4.73. The molecule has 7 heteroatoms. The van der Waals surface area contributed by atoms with Crippen LogP contribution in [0.4, 0.5) is 5.69 Å². The van der Waals surface area contributed by atoms with E-state index in [9.17, 15) is 4.79 Å². The normalized spacial score (nSPS) is 13.1. The van der Waals surface area contributed by atoms with Crippen molar-refractivity contribution >= 4 is 23.2 Å². The minimum atomic E-state index is -0.432. The molecule has 0 aliphatic carbocycles. The number of carbonyl (C=O) groups excluding carboxylic acids is 1. The van der Waals surface area contributed by atoms with Crippen molar-refractivity contribution in [1.82, 2.24) is 4.98 Å². The maximum Gasteiger partial charge on any atom is 0.293 e. The highest BCUT2D eigenvalue weighted by Crippen LogP contribution is 2.38. The predicted molar refractivity (Wildman–Crippen MR) is 102 cm³/mol. The van der Waals surface area contributed by atoms with Gasteiger partial charge in [-0.1, -0.05) is 29.8 Å². The summed E-state index contributed by atoms with van der Waals surface area (Å²) < 4.78 is 16.9. The molecule has 0 unspecified atom stereocenters. The Hall–Kier alpha value is -2.99. The van der Waals surface area contributed by atoms with Gasteiger partial charge in [-0.05, 0) is 19.1 Å². The molecular weight excluding hydrogens is 368 g/mol. The lowest BCUT2D eigenvalue weighted by molar-refractivity contribution is 0.0996. The molecule has 138 valence electrons. The van der Waals surface area contributed by atoms with Crippen molar-refractivity contribution in [3.8, 4) is 23.0 Å². The van der Waals surface area contributed by atoms with Gasteiger partial charge in [0.1, 0.15) is 0 Å². The van der Waals surface area contributed by atoms with E-state index in [1.54, 1.807) is 19.1 Å². The number of oxazole rings is 1. The number of rotatable bonds is 3. The molecule has 27 heavy (non-hydrogen) atoms. The topological polar surface area (TPSA) is 73.6 Å². The van der Waals surface area contributed by atoms with Crippen LogP contribution in [0.15, 0.2) is 46.9 Å². The molecule has 0 saturated heterocycles. The van der Waals surface area contributed by atoms with Gasteiger partial charge in [-0.2, -0.15) is 0 Å². The Balaban J connectivity index is 1.60. The van der Waals surface area contributed by atoms with Gasteiger partial charge in [0.15, 0.2) is 11.5 Å². The summed E-state index contributed by atoms with van der Waals surface area (Å²) in [7, 11) is 0. The van der Waals surface area contributed by atoms with E-state index >= 15 is 0 Å². The summed E-state index contributed by atoms with van der Waals surface area (Å²) in [4.78, 5) is 17.0. The van der Waals surface area contributed by atoms with Crippen molar-refractivity contribution in [3.05, 3.63) is 58.9 Å². The van der Waals surface area contributed by atoms with E-state index in [0.29, 0.717) is 47.0 Å². The fourth-order valence-electron chi connectivity index (χ4n) is 2.77. The number of fused-ring (bicyclic) bond motifs is 1. The summed E-state index contributed by atoms with van der Waals surface area (Å²) in [5.41, 5.74) is 1.72. The molecule has 1 aromatic heterocycles. The summed E-state index contributed by atoms with van der Waals surface area (Å²) in [6.07, 6.45) is 0.785. The standard InChI is InChI=1S/C20H17ClN2O4/c1-12-18(27-20(22-12)13-6-3-2-4-7-13)19(24)23-15-11-17-16(10-14(15)21)25-8-5-9-26-17/h2-4,6-7,10-11H,5,8-9H2,1H3,(H,23,24). The molecule has 4 rings (SSSR count). The van der Waals surface area contributed by atoms with E-state index in [1.165, 1.54) is 0 Å². The zero-order valence-electron chi connectivity index (χ0n) is 14.6. The van der Waals surface area contributed by atoms with Crippen molar-refractivity contribution in [2.45, 2.75) is 13.3 Å². The molecule has 0 bridgehead atoms. The third-order valence-corrected chi connectivity index (χ3v) is 4.42. The monoisotopic (exact) mass is 384 g/mol. The molecule has 1 aliphatic heterocycles. The summed E-state index contributed by atoms with van der Waals surface area (Å²) in [5.74, 6) is 1.21. The average Bonchev–Trinajstić information content (AvgIpc) is 2.92. The first-order valence-electron chi connectivity index (χ1n) is 8.55. The van der Waals surface area contributed by atoms with E-state index in [0.717, 1.165) is 12.0 Å². The van der Waals surface area contributed by atoms with Crippen LogP contribution >= 0.6 is 11.6 Å². The number of benzene rings is 2. The van der Waals surface area contributed by atoms with Crippen LogP contribution in [0.2, 0.25) is 5.02 Å². The fraction of sp³-hybridized carbons (Fsp3) is 0.200. The zero-order valence-corrected chi connectivity index (χ0v) is 15.4. The molecule has 3 aromatic rings. The van der Waals surface area contributed by atoms with Gasteiger partial charge in [-0.25, -0.2) is 4.98 Å². The Morgan fingerprint density at radius 3 is 2.56 bits per heavy atom. The highest BCUT2D eigenvalue weighted by molar-refractivity contribution is 6.34. The fourth-order valence-corrected chi connectivity index (χ4v) is 2.97. The maximum atomic E-state index is 12.7. The minimum absolute atomic E-state index is 0.136. The summed E-state index contributed by atoms with van der Waals surface area (Å²) in [5, 5.41) is 3.12. The molecule has 1 amide bonds. The number of carbonyl (C=O) groups is 1. The number of hydrogen-bond acceptors (Lipinski definition) is 5. The van der Waals surface area contributed by atoms with Crippen LogP contribution in [0.5, 0.6) is 11.5 Å². The molecule has 2 aromatic carbocycles. The molecular formula is C20H17ClN2O4. The molecule has 0 fully saturated rings. The first-order valence-corrected chi connectivity index (χ1v) is 8.93. The van der Waals surface area contributed by atoms with Crippen LogP contribution in [0.3, 0.4) is 0 Å². The highest BCUT2D eigenvalue weighted by Gasteiger charge is 2.21.